The van der Waals surface area contributed by atoms with Crippen LogP contribution in [-0.2, 0) is 19.9 Å². The van der Waals surface area contributed by atoms with Crippen molar-refractivity contribution in [2.75, 3.05) is 19.9 Å². The first kappa shape index (κ1) is 24.1. The first-order valence-electron chi connectivity index (χ1n) is 7.47. The molecule has 1 unspecified atom stereocenters. The number of ether oxygens (including phenoxy) is 1. The highest BCUT2D eigenvalue weighted by molar-refractivity contribution is 7.91. The number of rotatable bonds is 8. The largest absolute Gasteiger partial charge is 0.495 e. The van der Waals surface area contributed by atoms with E-state index in [1.807, 2.05) is 13.8 Å². The van der Waals surface area contributed by atoms with E-state index in [9.17, 15) is 16.8 Å². The standard InChI is InChI=1S/C15H26N2O5S2.ClH/c1-11(2)9-15(3,10-16)17-24(20,21)14-8-12(23(5,18)19)6-7-13(14)22-4;/h6-8,11,17H,9-10,16H2,1-5H3;1H. The van der Waals surface area contributed by atoms with Crippen molar-refractivity contribution in [3.05, 3.63) is 18.2 Å². The Morgan fingerprint density at radius 1 is 1.24 bits per heavy atom. The number of sulfone groups is 1. The zero-order chi connectivity index (χ0) is 18.8. The summed E-state index contributed by atoms with van der Waals surface area (Å²) in [6, 6.07) is 3.74. The minimum Gasteiger partial charge on any atom is -0.495 e. The average Bonchev–Trinajstić information content (AvgIpc) is 2.44. The molecule has 0 saturated heterocycles. The minimum absolute atomic E-state index is 0. The number of halogens is 1. The van der Waals surface area contributed by atoms with Crippen molar-refractivity contribution in [2.45, 2.75) is 42.5 Å². The van der Waals surface area contributed by atoms with Gasteiger partial charge in [0.1, 0.15) is 10.6 Å². The van der Waals surface area contributed by atoms with Crippen LogP contribution >= 0.6 is 12.4 Å². The third-order valence-corrected chi connectivity index (χ3v) is 6.31. The summed E-state index contributed by atoms with van der Waals surface area (Å²) in [5.41, 5.74) is 4.91. The van der Waals surface area contributed by atoms with Gasteiger partial charge in [-0.15, -0.1) is 12.4 Å². The highest BCUT2D eigenvalue weighted by Gasteiger charge is 2.32. The third kappa shape index (κ3) is 6.41. The van der Waals surface area contributed by atoms with Gasteiger partial charge >= 0.3 is 0 Å². The van der Waals surface area contributed by atoms with E-state index in [1.54, 1.807) is 6.92 Å². The molecule has 1 rings (SSSR count). The summed E-state index contributed by atoms with van der Waals surface area (Å²) in [5.74, 6) is 0.296. The first-order valence-corrected chi connectivity index (χ1v) is 10.8. The number of sulfonamides is 1. The zero-order valence-electron chi connectivity index (χ0n) is 15.1. The molecule has 0 bridgehead atoms. The van der Waals surface area contributed by atoms with E-state index >= 15 is 0 Å². The fraction of sp³-hybridized carbons (Fsp3) is 0.600. The quantitative estimate of drug-likeness (QED) is 0.666. The Morgan fingerprint density at radius 2 is 1.80 bits per heavy atom. The van der Waals surface area contributed by atoms with Gasteiger partial charge in [0.25, 0.3) is 0 Å². The van der Waals surface area contributed by atoms with Gasteiger partial charge < -0.3 is 10.5 Å². The fourth-order valence-corrected chi connectivity index (χ4v) is 4.89. The SMILES string of the molecule is COc1ccc(S(C)(=O)=O)cc1S(=O)(=O)NC(C)(CN)CC(C)C.Cl. The van der Waals surface area contributed by atoms with Crippen LogP contribution in [0.1, 0.15) is 27.2 Å². The topological polar surface area (TPSA) is 116 Å². The summed E-state index contributed by atoms with van der Waals surface area (Å²) in [4.78, 5) is -0.321. The molecule has 0 heterocycles. The predicted molar refractivity (Wildman–Crippen MR) is 101 cm³/mol. The Balaban J connectivity index is 0.00000576. The zero-order valence-corrected chi connectivity index (χ0v) is 17.5. The van der Waals surface area contributed by atoms with Gasteiger partial charge in [-0.05, 0) is 37.5 Å². The van der Waals surface area contributed by atoms with Gasteiger partial charge in [-0.25, -0.2) is 21.6 Å². The van der Waals surface area contributed by atoms with Crippen LogP contribution in [0.4, 0.5) is 0 Å². The van der Waals surface area contributed by atoms with E-state index in [0.29, 0.717) is 6.42 Å². The van der Waals surface area contributed by atoms with Crippen molar-refractivity contribution in [1.29, 1.82) is 0 Å². The molecule has 0 aliphatic carbocycles. The molecule has 0 radical (unpaired) electrons. The lowest BCUT2D eigenvalue weighted by atomic mass is 9.92. The summed E-state index contributed by atoms with van der Waals surface area (Å²) in [5, 5.41) is 0. The summed E-state index contributed by atoms with van der Waals surface area (Å²) >= 11 is 0. The van der Waals surface area contributed by atoms with Crippen LogP contribution in [0.2, 0.25) is 0 Å². The molecule has 0 aliphatic rings. The molecule has 1 aromatic rings. The Labute approximate surface area is 156 Å². The normalized spacial score (nSPS) is 14.7. The van der Waals surface area contributed by atoms with Gasteiger partial charge in [0.15, 0.2) is 9.84 Å². The second kappa shape index (κ2) is 8.68. The lowest BCUT2D eigenvalue weighted by Crippen LogP contribution is -2.52. The van der Waals surface area contributed by atoms with Gasteiger partial charge in [0.05, 0.1) is 12.0 Å². The molecule has 0 aliphatic heterocycles. The summed E-state index contributed by atoms with van der Waals surface area (Å²) in [6.45, 7) is 5.76. The molecule has 1 aromatic carbocycles. The molecule has 0 spiro atoms. The van der Waals surface area contributed by atoms with Crippen LogP contribution in [0.3, 0.4) is 0 Å². The monoisotopic (exact) mass is 414 g/mol. The molecule has 0 saturated carbocycles. The van der Waals surface area contributed by atoms with E-state index in [0.717, 1.165) is 12.3 Å². The van der Waals surface area contributed by atoms with Crippen LogP contribution in [0.5, 0.6) is 5.75 Å². The molecule has 0 aromatic heterocycles. The molecular formula is C15H27ClN2O5S2. The van der Waals surface area contributed by atoms with Crippen molar-refractivity contribution in [3.8, 4) is 5.75 Å². The molecule has 0 amide bonds. The highest BCUT2D eigenvalue weighted by Crippen LogP contribution is 2.28. The maximum absolute atomic E-state index is 12.8. The van der Waals surface area contributed by atoms with Gasteiger partial charge in [-0.1, -0.05) is 13.8 Å². The number of hydrogen-bond acceptors (Lipinski definition) is 6. The number of methoxy groups -OCH3 is 1. The van der Waals surface area contributed by atoms with Gasteiger partial charge in [-0.3, -0.25) is 0 Å². The Bertz CT molecular complexity index is 794. The van der Waals surface area contributed by atoms with Crippen LogP contribution in [0, 0.1) is 5.92 Å². The van der Waals surface area contributed by atoms with Gasteiger partial charge in [0.2, 0.25) is 10.0 Å². The summed E-state index contributed by atoms with van der Waals surface area (Å²) in [6.07, 6.45) is 1.55. The number of nitrogens with two attached hydrogens (primary N) is 1. The van der Waals surface area contributed by atoms with Crippen molar-refractivity contribution in [1.82, 2.24) is 4.72 Å². The lowest BCUT2D eigenvalue weighted by Gasteiger charge is -2.31. The van der Waals surface area contributed by atoms with Crippen LogP contribution in [-0.4, -0.2) is 42.3 Å². The van der Waals surface area contributed by atoms with Crippen LogP contribution < -0.4 is 15.2 Å². The molecular weight excluding hydrogens is 388 g/mol. The van der Waals surface area contributed by atoms with Crippen LogP contribution in [0.25, 0.3) is 0 Å². The second-order valence-electron chi connectivity index (χ2n) is 6.55. The average molecular weight is 415 g/mol. The van der Waals surface area contributed by atoms with E-state index in [4.69, 9.17) is 10.5 Å². The Kier molecular flexibility index (Phi) is 8.38. The fourth-order valence-electron chi connectivity index (χ4n) is 2.54. The minimum atomic E-state index is -4.02. The second-order valence-corrected chi connectivity index (χ2v) is 10.2. The third-order valence-electron chi connectivity index (χ3n) is 3.54. The van der Waals surface area contributed by atoms with E-state index in [-0.39, 0.29) is 40.4 Å². The molecule has 3 N–H and O–H groups in total. The Morgan fingerprint density at radius 3 is 2.20 bits per heavy atom. The smallest absolute Gasteiger partial charge is 0.244 e. The van der Waals surface area contributed by atoms with Crippen molar-refractivity contribution < 1.29 is 21.6 Å². The van der Waals surface area contributed by atoms with E-state index < -0.39 is 25.4 Å². The number of benzene rings is 1. The van der Waals surface area contributed by atoms with E-state index in [1.165, 1.54) is 19.2 Å². The molecule has 7 nitrogen and oxygen atoms in total. The maximum Gasteiger partial charge on any atom is 0.244 e. The summed E-state index contributed by atoms with van der Waals surface area (Å²) in [7, 11) is -6.25. The highest BCUT2D eigenvalue weighted by atomic mass is 35.5. The summed E-state index contributed by atoms with van der Waals surface area (Å²) < 4.78 is 56.7. The van der Waals surface area contributed by atoms with Crippen LogP contribution in [0.15, 0.2) is 28.0 Å². The maximum atomic E-state index is 12.8. The van der Waals surface area contributed by atoms with Crippen molar-refractivity contribution in [3.63, 3.8) is 0 Å². The molecule has 1 atom stereocenters. The molecule has 146 valence electrons. The number of hydrogen-bond donors (Lipinski definition) is 2. The van der Waals surface area contributed by atoms with Crippen molar-refractivity contribution in [2.24, 2.45) is 11.7 Å². The Hall–Kier alpha value is -0.870. The molecule has 25 heavy (non-hydrogen) atoms. The van der Waals surface area contributed by atoms with E-state index in [2.05, 4.69) is 4.72 Å². The predicted octanol–water partition coefficient (Wildman–Crippen LogP) is 1.56. The lowest BCUT2D eigenvalue weighted by molar-refractivity contribution is 0.343. The first-order chi connectivity index (χ1) is 10.8. The van der Waals surface area contributed by atoms with Gasteiger partial charge in [0, 0.05) is 18.3 Å². The number of nitrogens with one attached hydrogen (secondary N) is 1. The van der Waals surface area contributed by atoms with Gasteiger partial charge in [-0.2, -0.15) is 0 Å². The van der Waals surface area contributed by atoms with Crippen molar-refractivity contribution >= 4 is 32.3 Å². The molecule has 10 heteroatoms. The molecule has 0 fully saturated rings.